The number of nitrogens with one attached hydrogen (secondary N) is 1. The molecule has 0 bridgehead atoms. The van der Waals surface area contributed by atoms with E-state index in [0.717, 1.165) is 18.7 Å². The summed E-state index contributed by atoms with van der Waals surface area (Å²) in [6, 6.07) is 5.89. The van der Waals surface area contributed by atoms with Crippen molar-refractivity contribution < 1.29 is 14.3 Å². The molecule has 1 heterocycles. The van der Waals surface area contributed by atoms with Crippen molar-refractivity contribution >= 4 is 29.3 Å². The largest absolute Gasteiger partial charge is 0.444 e. The fraction of sp³-hybridized carbons (Fsp3) is 0.611. The molecule has 0 saturated carbocycles. The van der Waals surface area contributed by atoms with Gasteiger partial charge in [-0.25, -0.2) is 4.79 Å². The second-order valence-electron chi connectivity index (χ2n) is 7.22. The van der Waals surface area contributed by atoms with Gasteiger partial charge >= 0.3 is 6.09 Å². The lowest BCUT2D eigenvalue weighted by molar-refractivity contribution is -0.0410. The lowest BCUT2D eigenvalue weighted by atomic mass is 10.1. The molecule has 7 heteroatoms. The summed E-state index contributed by atoms with van der Waals surface area (Å²) >= 11 is 12.1. The summed E-state index contributed by atoms with van der Waals surface area (Å²) in [6.45, 7) is 10.2. The van der Waals surface area contributed by atoms with E-state index in [4.69, 9.17) is 32.7 Å². The molecule has 0 radical (unpaired) electrons. The number of alkyl carbamates (subject to hydrolysis) is 1. The number of hydrogen-bond acceptors (Lipinski definition) is 4. The Labute approximate surface area is 159 Å². The molecule has 1 aliphatic rings. The van der Waals surface area contributed by atoms with Gasteiger partial charge in [0.15, 0.2) is 0 Å². The Morgan fingerprint density at radius 1 is 1.40 bits per heavy atom. The fourth-order valence-electron chi connectivity index (χ4n) is 2.71. The third-order valence-corrected chi connectivity index (χ3v) is 4.76. The minimum Gasteiger partial charge on any atom is -0.444 e. The molecule has 2 rings (SSSR count). The number of carbonyl (C=O) groups is 1. The van der Waals surface area contributed by atoms with Crippen molar-refractivity contribution in [2.24, 2.45) is 0 Å². The van der Waals surface area contributed by atoms with Crippen molar-refractivity contribution in [3.8, 4) is 0 Å². The van der Waals surface area contributed by atoms with Crippen molar-refractivity contribution in [1.82, 2.24) is 10.2 Å². The van der Waals surface area contributed by atoms with Crippen LogP contribution in [0.1, 0.15) is 39.3 Å². The molecule has 1 N–H and O–H groups in total. The number of benzene rings is 1. The van der Waals surface area contributed by atoms with Crippen LogP contribution in [0.5, 0.6) is 0 Å². The molecule has 1 aromatic rings. The van der Waals surface area contributed by atoms with Crippen molar-refractivity contribution in [1.29, 1.82) is 0 Å². The summed E-state index contributed by atoms with van der Waals surface area (Å²) in [6.07, 6.45) is -0.503. The summed E-state index contributed by atoms with van der Waals surface area (Å²) < 4.78 is 11.0. The first-order valence-corrected chi connectivity index (χ1v) is 9.19. The van der Waals surface area contributed by atoms with Crippen molar-refractivity contribution in [2.75, 3.05) is 26.2 Å². The van der Waals surface area contributed by atoms with Gasteiger partial charge in [0.2, 0.25) is 0 Å². The molecule has 25 heavy (non-hydrogen) atoms. The van der Waals surface area contributed by atoms with Crippen LogP contribution >= 0.6 is 23.2 Å². The number of ether oxygens (including phenoxy) is 2. The first-order chi connectivity index (χ1) is 11.7. The highest BCUT2D eigenvalue weighted by molar-refractivity contribution is 6.42. The van der Waals surface area contributed by atoms with Crippen LogP contribution in [0.3, 0.4) is 0 Å². The average Bonchev–Trinajstić information content (AvgIpc) is 2.53. The van der Waals surface area contributed by atoms with E-state index in [1.54, 1.807) is 0 Å². The molecular formula is C18H26Cl2N2O3. The number of hydrogen-bond donors (Lipinski definition) is 1. The van der Waals surface area contributed by atoms with Gasteiger partial charge in [-0.2, -0.15) is 0 Å². The highest BCUT2D eigenvalue weighted by atomic mass is 35.5. The third-order valence-electron chi connectivity index (χ3n) is 4.02. The van der Waals surface area contributed by atoms with E-state index in [1.165, 1.54) is 0 Å². The van der Waals surface area contributed by atoms with Gasteiger partial charge in [0.05, 0.1) is 22.8 Å². The van der Waals surface area contributed by atoms with Gasteiger partial charge in [0.25, 0.3) is 0 Å². The number of rotatable bonds is 4. The lowest BCUT2D eigenvalue weighted by Gasteiger charge is -2.37. The second kappa shape index (κ2) is 8.58. The molecule has 2 atom stereocenters. The molecule has 5 nitrogen and oxygen atoms in total. The zero-order valence-electron chi connectivity index (χ0n) is 15.1. The Kier molecular flexibility index (Phi) is 6.97. The van der Waals surface area contributed by atoms with Crippen LogP contribution < -0.4 is 5.32 Å². The molecule has 0 spiro atoms. The average molecular weight is 389 g/mol. The maximum atomic E-state index is 11.8. The maximum absolute atomic E-state index is 11.8. The molecule has 1 amide bonds. The van der Waals surface area contributed by atoms with Gasteiger partial charge in [0.1, 0.15) is 5.60 Å². The Balaban J connectivity index is 1.89. The van der Waals surface area contributed by atoms with E-state index >= 15 is 0 Å². The van der Waals surface area contributed by atoms with E-state index in [2.05, 4.69) is 17.1 Å². The Morgan fingerprint density at radius 2 is 2.12 bits per heavy atom. The van der Waals surface area contributed by atoms with Crippen LogP contribution in [-0.4, -0.2) is 48.9 Å². The van der Waals surface area contributed by atoms with E-state index in [0.29, 0.717) is 23.2 Å². The summed E-state index contributed by atoms with van der Waals surface area (Å²) in [5, 5.41) is 3.89. The van der Waals surface area contributed by atoms with Crippen molar-refractivity contribution in [3.05, 3.63) is 33.8 Å². The normalized spacial score (nSPS) is 20.2. The topological polar surface area (TPSA) is 50.8 Å². The number of carbonyl (C=O) groups excluding carboxylic acids is 1. The second-order valence-corrected chi connectivity index (χ2v) is 8.03. The van der Waals surface area contributed by atoms with Gasteiger partial charge in [-0.3, -0.25) is 4.90 Å². The Bertz CT molecular complexity index is 604. The predicted octanol–water partition coefficient (Wildman–Crippen LogP) is 4.28. The van der Waals surface area contributed by atoms with Gasteiger partial charge in [-0.05, 0) is 45.4 Å². The Morgan fingerprint density at radius 3 is 2.76 bits per heavy atom. The SMILES string of the molecule is CC(c1ccc(Cl)c(Cl)c1)N1CCO[C@@H](CNC(=O)OC(C)(C)C)C1. The van der Waals surface area contributed by atoms with Crippen LogP contribution in [0.2, 0.25) is 10.0 Å². The molecule has 140 valence electrons. The summed E-state index contributed by atoms with van der Waals surface area (Å²) in [5.41, 5.74) is 0.599. The van der Waals surface area contributed by atoms with E-state index in [-0.39, 0.29) is 12.1 Å². The van der Waals surface area contributed by atoms with E-state index < -0.39 is 11.7 Å². The monoisotopic (exact) mass is 388 g/mol. The molecular weight excluding hydrogens is 363 g/mol. The number of amides is 1. The molecule has 0 aliphatic carbocycles. The van der Waals surface area contributed by atoms with Crippen LogP contribution in [0.4, 0.5) is 4.79 Å². The van der Waals surface area contributed by atoms with Gasteiger partial charge in [0, 0.05) is 25.7 Å². The molecule has 1 aliphatic heterocycles. The molecule has 0 aromatic heterocycles. The molecule has 1 saturated heterocycles. The van der Waals surface area contributed by atoms with Gasteiger partial charge in [-0.1, -0.05) is 29.3 Å². The van der Waals surface area contributed by atoms with Crippen molar-refractivity contribution in [2.45, 2.75) is 45.4 Å². The highest BCUT2D eigenvalue weighted by Gasteiger charge is 2.26. The Hall–Kier alpha value is -1.01. The summed E-state index contributed by atoms with van der Waals surface area (Å²) in [4.78, 5) is 14.1. The first kappa shape index (κ1) is 20.3. The van der Waals surface area contributed by atoms with Crippen LogP contribution in [0.25, 0.3) is 0 Å². The zero-order chi connectivity index (χ0) is 18.6. The number of morpholine rings is 1. The minimum atomic E-state index is -0.508. The molecule has 1 unspecified atom stereocenters. The van der Waals surface area contributed by atoms with E-state index in [9.17, 15) is 4.79 Å². The third kappa shape index (κ3) is 6.33. The van der Waals surface area contributed by atoms with Crippen LogP contribution in [0, 0.1) is 0 Å². The highest BCUT2D eigenvalue weighted by Crippen LogP contribution is 2.29. The number of halogens is 2. The van der Waals surface area contributed by atoms with Crippen molar-refractivity contribution in [3.63, 3.8) is 0 Å². The predicted molar refractivity (Wildman–Crippen MR) is 100 cm³/mol. The smallest absolute Gasteiger partial charge is 0.407 e. The molecule has 1 aromatic carbocycles. The van der Waals surface area contributed by atoms with E-state index in [1.807, 2.05) is 39.0 Å². The standard InChI is InChI=1S/C18H26Cl2N2O3/c1-12(13-5-6-15(19)16(20)9-13)22-7-8-24-14(11-22)10-21-17(23)25-18(2,3)4/h5-6,9,12,14H,7-8,10-11H2,1-4H3,(H,21,23)/t12?,14-/m0/s1. The quantitative estimate of drug-likeness (QED) is 0.835. The van der Waals surface area contributed by atoms with Gasteiger partial charge in [-0.15, -0.1) is 0 Å². The van der Waals surface area contributed by atoms with Gasteiger partial charge < -0.3 is 14.8 Å². The summed E-state index contributed by atoms with van der Waals surface area (Å²) in [5.74, 6) is 0. The number of nitrogens with zero attached hydrogens (tertiary/aromatic N) is 1. The fourth-order valence-corrected chi connectivity index (χ4v) is 3.02. The summed E-state index contributed by atoms with van der Waals surface area (Å²) in [7, 11) is 0. The first-order valence-electron chi connectivity index (χ1n) is 8.43. The van der Waals surface area contributed by atoms with Crippen LogP contribution in [-0.2, 0) is 9.47 Å². The minimum absolute atomic E-state index is 0.0773. The molecule has 1 fully saturated rings. The van der Waals surface area contributed by atoms with Crippen LogP contribution in [0.15, 0.2) is 18.2 Å². The lowest BCUT2D eigenvalue weighted by Crippen LogP contribution is -2.48. The maximum Gasteiger partial charge on any atom is 0.407 e. The zero-order valence-corrected chi connectivity index (χ0v) is 16.7.